The van der Waals surface area contributed by atoms with Crippen molar-refractivity contribution in [1.29, 1.82) is 0 Å². The van der Waals surface area contributed by atoms with Gasteiger partial charge in [-0.25, -0.2) is 0 Å². The van der Waals surface area contributed by atoms with Gasteiger partial charge in [-0.05, 0) is 31.2 Å². The molecule has 0 radical (unpaired) electrons. The molecule has 0 saturated heterocycles. The minimum absolute atomic E-state index is 0.454. The molecular formula is C16H15N3O2. The highest BCUT2D eigenvalue weighted by atomic mass is 16.5. The lowest BCUT2D eigenvalue weighted by Gasteiger charge is -2.11. The van der Waals surface area contributed by atoms with E-state index in [2.05, 4.69) is 15.5 Å². The number of benzene rings is 2. The number of aromatic nitrogens is 2. The lowest BCUT2D eigenvalue weighted by Crippen LogP contribution is -2.01. The van der Waals surface area contributed by atoms with E-state index in [1.165, 1.54) is 0 Å². The molecule has 0 unspecified atom stereocenters. The SMILES string of the molecule is Cc1noc(CNc2ccccc2Oc2ccccc2)n1. The summed E-state index contributed by atoms with van der Waals surface area (Å²) in [7, 11) is 0. The number of aryl methyl sites for hydroxylation is 1. The molecule has 21 heavy (non-hydrogen) atoms. The fourth-order valence-corrected chi connectivity index (χ4v) is 1.90. The summed E-state index contributed by atoms with van der Waals surface area (Å²) < 4.78 is 11.0. The van der Waals surface area contributed by atoms with Gasteiger partial charge in [0.1, 0.15) is 5.75 Å². The van der Waals surface area contributed by atoms with Gasteiger partial charge in [-0.15, -0.1) is 0 Å². The number of hydrogen-bond donors (Lipinski definition) is 1. The molecule has 5 nitrogen and oxygen atoms in total. The first kappa shape index (κ1) is 13.2. The van der Waals surface area contributed by atoms with Gasteiger partial charge < -0.3 is 14.6 Å². The van der Waals surface area contributed by atoms with E-state index in [1.54, 1.807) is 6.92 Å². The average Bonchev–Trinajstić information content (AvgIpc) is 2.93. The number of rotatable bonds is 5. The topological polar surface area (TPSA) is 60.2 Å². The Morgan fingerprint density at radius 3 is 2.57 bits per heavy atom. The molecule has 0 aliphatic heterocycles. The monoisotopic (exact) mass is 281 g/mol. The molecule has 0 amide bonds. The first-order chi connectivity index (χ1) is 10.3. The first-order valence-corrected chi connectivity index (χ1v) is 6.66. The normalized spacial score (nSPS) is 10.3. The van der Waals surface area contributed by atoms with E-state index in [0.29, 0.717) is 18.3 Å². The van der Waals surface area contributed by atoms with Crippen molar-refractivity contribution in [1.82, 2.24) is 10.1 Å². The van der Waals surface area contributed by atoms with E-state index < -0.39 is 0 Å². The zero-order valence-electron chi connectivity index (χ0n) is 11.6. The smallest absolute Gasteiger partial charge is 0.245 e. The van der Waals surface area contributed by atoms with Gasteiger partial charge in [-0.1, -0.05) is 35.5 Å². The van der Waals surface area contributed by atoms with Crippen LogP contribution < -0.4 is 10.1 Å². The van der Waals surface area contributed by atoms with Crippen molar-refractivity contribution in [3.8, 4) is 11.5 Å². The number of nitrogens with zero attached hydrogens (tertiary/aromatic N) is 2. The van der Waals surface area contributed by atoms with Crippen molar-refractivity contribution >= 4 is 5.69 Å². The number of ether oxygens (including phenoxy) is 1. The molecule has 0 atom stereocenters. The Balaban J connectivity index is 1.73. The third-order valence-corrected chi connectivity index (χ3v) is 2.86. The predicted molar refractivity (Wildman–Crippen MR) is 79.3 cm³/mol. The Morgan fingerprint density at radius 1 is 1.05 bits per heavy atom. The van der Waals surface area contributed by atoms with E-state index in [0.717, 1.165) is 17.2 Å². The van der Waals surface area contributed by atoms with Crippen LogP contribution in [0.5, 0.6) is 11.5 Å². The Kier molecular flexibility index (Phi) is 3.82. The Hall–Kier alpha value is -2.82. The Labute approximate surface area is 122 Å². The summed E-state index contributed by atoms with van der Waals surface area (Å²) >= 11 is 0. The molecule has 5 heteroatoms. The number of nitrogens with one attached hydrogen (secondary N) is 1. The largest absolute Gasteiger partial charge is 0.455 e. The first-order valence-electron chi connectivity index (χ1n) is 6.66. The van der Waals surface area contributed by atoms with Crippen LogP contribution in [0.15, 0.2) is 59.1 Å². The van der Waals surface area contributed by atoms with Crippen LogP contribution in [0.3, 0.4) is 0 Å². The molecule has 1 aromatic heterocycles. The molecule has 106 valence electrons. The van der Waals surface area contributed by atoms with Crippen LogP contribution in [0.2, 0.25) is 0 Å². The average molecular weight is 281 g/mol. The maximum atomic E-state index is 5.87. The van der Waals surface area contributed by atoms with Crippen LogP contribution in [0, 0.1) is 6.92 Å². The fourth-order valence-electron chi connectivity index (χ4n) is 1.90. The molecule has 0 aliphatic carbocycles. The van der Waals surface area contributed by atoms with E-state index >= 15 is 0 Å². The van der Waals surface area contributed by atoms with Crippen molar-refractivity contribution in [2.24, 2.45) is 0 Å². The number of anilines is 1. The number of hydrogen-bond acceptors (Lipinski definition) is 5. The van der Waals surface area contributed by atoms with Gasteiger partial charge in [0.15, 0.2) is 11.6 Å². The summed E-state index contributed by atoms with van der Waals surface area (Å²) in [6, 6.07) is 17.4. The summed E-state index contributed by atoms with van der Waals surface area (Å²) in [5.74, 6) is 2.71. The van der Waals surface area contributed by atoms with Crippen molar-refractivity contribution in [2.45, 2.75) is 13.5 Å². The fraction of sp³-hybridized carbons (Fsp3) is 0.125. The maximum absolute atomic E-state index is 5.87. The highest BCUT2D eigenvalue weighted by molar-refractivity contribution is 5.57. The van der Waals surface area contributed by atoms with Gasteiger partial charge in [0, 0.05) is 0 Å². The van der Waals surface area contributed by atoms with E-state index in [1.807, 2.05) is 54.6 Å². The molecular weight excluding hydrogens is 266 g/mol. The van der Waals surface area contributed by atoms with E-state index in [9.17, 15) is 0 Å². The van der Waals surface area contributed by atoms with Gasteiger partial charge in [0.05, 0.1) is 12.2 Å². The Bertz CT molecular complexity index is 710. The summed E-state index contributed by atoms with van der Waals surface area (Å²) in [5, 5.41) is 7.00. The Morgan fingerprint density at radius 2 is 1.81 bits per heavy atom. The third kappa shape index (κ3) is 3.39. The quantitative estimate of drug-likeness (QED) is 0.771. The predicted octanol–water partition coefficient (Wildman–Crippen LogP) is 3.78. The van der Waals surface area contributed by atoms with Crippen molar-refractivity contribution in [3.05, 3.63) is 66.3 Å². The zero-order chi connectivity index (χ0) is 14.5. The van der Waals surface area contributed by atoms with Gasteiger partial charge in [-0.2, -0.15) is 4.98 Å². The molecule has 2 aromatic carbocycles. The minimum atomic E-state index is 0.454. The van der Waals surface area contributed by atoms with Crippen LogP contribution in [0.4, 0.5) is 5.69 Å². The summed E-state index contributed by atoms with van der Waals surface area (Å²) in [6.45, 7) is 2.25. The molecule has 3 rings (SSSR count). The second-order valence-corrected chi connectivity index (χ2v) is 4.50. The lowest BCUT2D eigenvalue weighted by atomic mass is 10.3. The highest BCUT2D eigenvalue weighted by Crippen LogP contribution is 2.29. The third-order valence-electron chi connectivity index (χ3n) is 2.86. The zero-order valence-corrected chi connectivity index (χ0v) is 11.6. The van der Waals surface area contributed by atoms with Gasteiger partial charge in [-0.3, -0.25) is 0 Å². The molecule has 0 fully saturated rings. The van der Waals surface area contributed by atoms with Gasteiger partial charge in [0.2, 0.25) is 5.89 Å². The highest BCUT2D eigenvalue weighted by Gasteiger charge is 2.06. The second-order valence-electron chi connectivity index (χ2n) is 4.50. The summed E-state index contributed by atoms with van der Waals surface area (Å²) in [6.07, 6.45) is 0. The summed E-state index contributed by atoms with van der Waals surface area (Å²) in [4.78, 5) is 4.16. The van der Waals surface area contributed by atoms with Crippen LogP contribution >= 0.6 is 0 Å². The van der Waals surface area contributed by atoms with Crippen molar-refractivity contribution < 1.29 is 9.26 Å². The van der Waals surface area contributed by atoms with E-state index in [4.69, 9.17) is 9.26 Å². The van der Waals surface area contributed by atoms with Gasteiger partial charge in [0.25, 0.3) is 0 Å². The van der Waals surface area contributed by atoms with Crippen LogP contribution in [0.25, 0.3) is 0 Å². The maximum Gasteiger partial charge on any atom is 0.245 e. The van der Waals surface area contributed by atoms with Crippen molar-refractivity contribution in [3.63, 3.8) is 0 Å². The van der Waals surface area contributed by atoms with Crippen LogP contribution in [-0.2, 0) is 6.54 Å². The molecule has 1 heterocycles. The molecule has 0 bridgehead atoms. The lowest BCUT2D eigenvalue weighted by molar-refractivity contribution is 0.379. The van der Waals surface area contributed by atoms with Crippen LogP contribution in [0.1, 0.15) is 11.7 Å². The molecule has 0 aliphatic rings. The number of para-hydroxylation sites is 3. The minimum Gasteiger partial charge on any atom is -0.455 e. The second kappa shape index (κ2) is 6.09. The standard InChI is InChI=1S/C16H15N3O2/c1-12-18-16(21-19-12)11-17-14-9-5-6-10-15(14)20-13-7-3-2-4-8-13/h2-10,17H,11H2,1H3. The molecule has 0 saturated carbocycles. The van der Waals surface area contributed by atoms with Crippen LogP contribution in [-0.4, -0.2) is 10.1 Å². The van der Waals surface area contributed by atoms with Crippen molar-refractivity contribution in [2.75, 3.05) is 5.32 Å². The van der Waals surface area contributed by atoms with E-state index in [-0.39, 0.29) is 0 Å². The molecule has 0 spiro atoms. The molecule has 3 aromatic rings. The summed E-state index contributed by atoms with van der Waals surface area (Å²) in [5.41, 5.74) is 0.872. The molecule has 1 N–H and O–H groups in total. The van der Waals surface area contributed by atoms with Gasteiger partial charge >= 0.3 is 0 Å².